The van der Waals surface area contributed by atoms with Crippen LogP contribution in [0, 0.1) is 6.92 Å². The molecule has 0 aliphatic carbocycles. The molecule has 0 aromatic carbocycles. The van der Waals surface area contributed by atoms with E-state index in [1.54, 1.807) is 18.7 Å². The van der Waals surface area contributed by atoms with Crippen LogP contribution in [0.1, 0.15) is 23.2 Å². The number of aromatic hydroxyl groups is 1. The lowest BCUT2D eigenvalue weighted by Crippen LogP contribution is -2.37. The van der Waals surface area contributed by atoms with Gasteiger partial charge in [-0.15, -0.1) is 0 Å². The number of hydrogen-bond donors (Lipinski definition) is 4. The number of aliphatic hydroxyl groups is 1. The average Bonchev–Trinajstić information content (AvgIpc) is 2.42. The molecule has 1 aromatic heterocycles. The van der Waals surface area contributed by atoms with E-state index in [1.165, 1.54) is 6.20 Å². The number of carboxylic acid groups (broad SMARTS) is 1. The number of carbonyl (C=O) groups is 1. The third-order valence-corrected chi connectivity index (χ3v) is 3.68. The highest BCUT2D eigenvalue weighted by atomic mass is 32.2. The summed E-state index contributed by atoms with van der Waals surface area (Å²) in [5.41, 5.74) is 1.44. The van der Waals surface area contributed by atoms with Crippen LogP contribution in [0.15, 0.2) is 6.20 Å². The molecule has 1 rings (SSSR count). The van der Waals surface area contributed by atoms with Crippen LogP contribution in [0.3, 0.4) is 0 Å². The Morgan fingerprint density at radius 2 is 2.25 bits per heavy atom. The molecule has 1 heterocycles. The average molecular weight is 300 g/mol. The maximum Gasteiger partial charge on any atom is 0.320 e. The molecule has 7 heteroatoms. The Morgan fingerprint density at radius 3 is 2.80 bits per heavy atom. The molecular weight excluding hydrogens is 280 g/mol. The van der Waals surface area contributed by atoms with E-state index in [9.17, 15) is 15.0 Å². The quantitative estimate of drug-likeness (QED) is 0.565. The Kier molecular flexibility index (Phi) is 6.77. The summed E-state index contributed by atoms with van der Waals surface area (Å²) in [7, 11) is 0. The van der Waals surface area contributed by atoms with E-state index in [2.05, 4.69) is 10.3 Å². The van der Waals surface area contributed by atoms with E-state index in [-0.39, 0.29) is 18.9 Å². The summed E-state index contributed by atoms with van der Waals surface area (Å²) in [6, 6.07) is -0.679. The first kappa shape index (κ1) is 16.7. The number of thioether (sulfide) groups is 1. The van der Waals surface area contributed by atoms with Gasteiger partial charge in [0.25, 0.3) is 0 Å². The SMILES string of the molecule is CSCC[C@@H](NCc1c(CO)cnc(C)c1O)C(=O)O. The number of aromatic nitrogens is 1. The molecule has 0 bridgehead atoms. The Morgan fingerprint density at radius 1 is 1.55 bits per heavy atom. The molecule has 0 aliphatic rings. The fraction of sp³-hybridized carbons (Fsp3) is 0.538. The Hall–Kier alpha value is -1.31. The van der Waals surface area contributed by atoms with Crippen molar-refractivity contribution in [3.05, 3.63) is 23.0 Å². The first-order valence-electron chi connectivity index (χ1n) is 6.23. The predicted molar refractivity (Wildman–Crippen MR) is 77.8 cm³/mol. The van der Waals surface area contributed by atoms with Gasteiger partial charge in [0, 0.05) is 23.9 Å². The standard InChI is InChI=1S/C13H20N2O4S/c1-8-12(17)10(9(7-16)5-14-8)6-15-11(13(18)19)3-4-20-2/h5,11,15-17H,3-4,6-7H2,1-2H3,(H,18,19)/t11-/m1/s1. The van der Waals surface area contributed by atoms with Crippen LogP contribution in [0.4, 0.5) is 0 Å². The van der Waals surface area contributed by atoms with Gasteiger partial charge in [-0.2, -0.15) is 11.8 Å². The monoisotopic (exact) mass is 300 g/mol. The first-order valence-corrected chi connectivity index (χ1v) is 7.63. The van der Waals surface area contributed by atoms with Crippen LogP contribution >= 0.6 is 11.8 Å². The van der Waals surface area contributed by atoms with E-state index in [0.29, 0.717) is 23.2 Å². The van der Waals surface area contributed by atoms with Crippen molar-refractivity contribution < 1.29 is 20.1 Å². The third kappa shape index (κ3) is 4.36. The number of rotatable bonds is 8. The summed E-state index contributed by atoms with van der Waals surface area (Å²) in [6.45, 7) is 1.58. The lowest BCUT2D eigenvalue weighted by Gasteiger charge is -2.16. The minimum Gasteiger partial charge on any atom is -0.506 e. The van der Waals surface area contributed by atoms with Gasteiger partial charge in [0.1, 0.15) is 11.8 Å². The second-order valence-corrected chi connectivity index (χ2v) is 5.39. The van der Waals surface area contributed by atoms with Crippen LogP contribution in [0.5, 0.6) is 5.75 Å². The molecule has 0 aliphatic heterocycles. The van der Waals surface area contributed by atoms with Gasteiger partial charge >= 0.3 is 5.97 Å². The molecule has 0 saturated carbocycles. The van der Waals surface area contributed by atoms with Crippen molar-refractivity contribution >= 4 is 17.7 Å². The van der Waals surface area contributed by atoms with Gasteiger partial charge in [0.15, 0.2) is 0 Å². The van der Waals surface area contributed by atoms with Gasteiger partial charge in [-0.25, -0.2) is 0 Å². The van der Waals surface area contributed by atoms with E-state index in [4.69, 9.17) is 5.11 Å². The minimum atomic E-state index is -0.921. The number of pyridine rings is 1. The summed E-state index contributed by atoms with van der Waals surface area (Å²) < 4.78 is 0. The summed E-state index contributed by atoms with van der Waals surface area (Å²) >= 11 is 1.58. The number of aryl methyl sites for hydroxylation is 1. The second-order valence-electron chi connectivity index (χ2n) is 4.41. The van der Waals surface area contributed by atoms with E-state index in [0.717, 1.165) is 5.75 Å². The summed E-state index contributed by atoms with van der Waals surface area (Å²) in [5.74, 6) is -0.189. The maximum atomic E-state index is 11.1. The lowest BCUT2D eigenvalue weighted by molar-refractivity contribution is -0.139. The Labute approximate surface area is 122 Å². The zero-order valence-corrected chi connectivity index (χ0v) is 12.4. The normalized spacial score (nSPS) is 12.3. The van der Waals surface area contributed by atoms with Crippen LogP contribution in [-0.4, -0.2) is 44.3 Å². The highest BCUT2D eigenvalue weighted by Gasteiger charge is 2.18. The predicted octanol–water partition coefficient (Wildman–Crippen LogP) is 0.884. The number of aliphatic carboxylic acids is 1. The second kappa shape index (κ2) is 8.08. The number of nitrogens with zero attached hydrogens (tertiary/aromatic N) is 1. The molecule has 0 spiro atoms. The number of hydrogen-bond acceptors (Lipinski definition) is 6. The molecule has 0 unspecified atom stereocenters. The number of nitrogens with one attached hydrogen (secondary N) is 1. The summed E-state index contributed by atoms with van der Waals surface area (Å²) in [6.07, 6.45) is 3.90. The molecule has 1 atom stereocenters. The number of carboxylic acids is 1. The smallest absolute Gasteiger partial charge is 0.320 e. The molecular formula is C13H20N2O4S. The number of aliphatic hydroxyl groups excluding tert-OH is 1. The van der Waals surface area contributed by atoms with E-state index < -0.39 is 12.0 Å². The van der Waals surface area contributed by atoms with Gasteiger partial charge in [-0.05, 0) is 25.4 Å². The van der Waals surface area contributed by atoms with Gasteiger partial charge < -0.3 is 20.6 Å². The van der Waals surface area contributed by atoms with Crippen molar-refractivity contribution in [2.24, 2.45) is 0 Å². The highest BCUT2D eigenvalue weighted by Crippen LogP contribution is 2.23. The topological polar surface area (TPSA) is 103 Å². The molecule has 0 saturated heterocycles. The van der Waals surface area contributed by atoms with Gasteiger partial charge in [-0.3, -0.25) is 9.78 Å². The molecule has 112 valence electrons. The first-order chi connectivity index (χ1) is 9.51. The maximum absolute atomic E-state index is 11.1. The molecule has 0 amide bonds. The van der Waals surface area contributed by atoms with Gasteiger partial charge in [-0.1, -0.05) is 0 Å². The highest BCUT2D eigenvalue weighted by molar-refractivity contribution is 7.98. The molecule has 4 N–H and O–H groups in total. The molecule has 0 radical (unpaired) electrons. The van der Waals surface area contributed by atoms with Crippen molar-refractivity contribution in [1.29, 1.82) is 0 Å². The summed E-state index contributed by atoms with van der Waals surface area (Å²) in [4.78, 5) is 15.1. The van der Waals surface area contributed by atoms with Crippen LogP contribution in [0.2, 0.25) is 0 Å². The minimum absolute atomic E-state index is 0.00180. The van der Waals surface area contributed by atoms with Gasteiger partial charge in [0.05, 0.1) is 12.3 Å². The van der Waals surface area contributed by atoms with Crippen LogP contribution in [0.25, 0.3) is 0 Å². The van der Waals surface area contributed by atoms with Crippen molar-refractivity contribution in [3.63, 3.8) is 0 Å². The zero-order valence-electron chi connectivity index (χ0n) is 11.6. The third-order valence-electron chi connectivity index (χ3n) is 3.03. The fourth-order valence-corrected chi connectivity index (χ4v) is 2.26. The molecule has 6 nitrogen and oxygen atoms in total. The molecule has 20 heavy (non-hydrogen) atoms. The molecule has 1 aromatic rings. The molecule has 0 fully saturated rings. The fourth-order valence-electron chi connectivity index (χ4n) is 1.79. The Balaban J connectivity index is 2.81. The summed E-state index contributed by atoms with van der Waals surface area (Å²) in [5, 5.41) is 31.3. The van der Waals surface area contributed by atoms with E-state index in [1.807, 2.05) is 6.26 Å². The van der Waals surface area contributed by atoms with Crippen molar-refractivity contribution in [2.45, 2.75) is 32.5 Å². The Bertz CT molecular complexity index is 468. The van der Waals surface area contributed by atoms with E-state index >= 15 is 0 Å². The van der Waals surface area contributed by atoms with Gasteiger partial charge in [0.2, 0.25) is 0 Å². The van der Waals surface area contributed by atoms with Crippen molar-refractivity contribution in [1.82, 2.24) is 10.3 Å². The zero-order chi connectivity index (χ0) is 15.1. The van der Waals surface area contributed by atoms with Crippen LogP contribution in [-0.2, 0) is 17.9 Å². The van der Waals surface area contributed by atoms with Crippen molar-refractivity contribution in [2.75, 3.05) is 12.0 Å². The van der Waals surface area contributed by atoms with Crippen molar-refractivity contribution in [3.8, 4) is 5.75 Å². The largest absolute Gasteiger partial charge is 0.506 e. The van der Waals surface area contributed by atoms with Crippen LogP contribution < -0.4 is 5.32 Å². The lowest BCUT2D eigenvalue weighted by atomic mass is 10.1.